The molecule has 0 aromatic carbocycles. The van der Waals surface area contributed by atoms with Crippen molar-refractivity contribution in [1.82, 2.24) is 10.6 Å². The fourth-order valence-electron chi connectivity index (χ4n) is 3.14. The van der Waals surface area contributed by atoms with Crippen LogP contribution in [0.4, 0.5) is 0 Å². The first-order chi connectivity index (χ1) is 8.79. The Kier molecular flexibility index (Phi) is 5.45. The zero-order valence-electron chi connectivity index (χ0n) is 11.4. The second-order valence-corrected chi connectivity index (χ2v) is 5.67. The molecule has 1 aliphatic heterocycles. The van der Waals surface area contributed by atoms with Gasteiger partial charge in [0.05, 0.1) is 12.1 Å². The van der Waals surface area contributed by atoms with Gasteiger partial charge in [-0.25, -0.2) is 0 Å². The zero-order chi connectivity index (χ0) is 12.8. The maximum absolute atomic E-state index is 12.0. The Hall–Kier alpha value is -0.610. The van der Waals surface area contributed by atoms with Crippen LogP contribution in [0.15, 0.2) is 0 Å². The predicted molar refractivity (Wildman–Crippen MR) is 71.4 cm³/mol. The average molecular weight is 254 g/mol. The summed E-state index contributed by atoms with van der Waals surface area (Å²) in [6.07, 6.45) is 8.56. The average Bonchev–Trinajstić information content (AvgIpc) is 2.64. The molecule has 1 saturated carbocycles. The van der Waals surface area contributed by atoms with E-state index in [2.05, 4.69) is 10.6 Å². The summed E-state index contributed by atoms with van der Waals surface area (Å²) in [6, 6.07) is 0.147. The lowest BCUT2D eigenvalue weighted by Gasteiger charge is -2.20. The SMILES string of the molecule is CO[C@H]1CNCC1NC(=O)CC1CCCCCC1. The first-order valence-corrected chi connectivity index (χ1v) is 7.32. The highest BCUT2D eigenvalue weighted by atomic mass is 16.5. The monoisotopic (exact) mass is 254 g/mol. The summed E-state index contributed by atoms with van der Waals surface area (Å²) in [5, 5.41) is 6.37. The Labute approximate surface area is 110 Å². The topological polar surface area (TPSA) is 50.4 Å². The number of methoxy groups -OCH3 is 1. The fourth-order valence-corrected chi connectivity index (χ4v) is 3.14. The molecule has 0 bridgehead atoms. The Balaban J connectivity index is 1.73. The number of hydrogen-bond acceptors (Lipinski definition) is 3. The number of amides is 1. The summed E-state index contributed by atoms with van der Waals surface area (Å²) in [7, 11) is 1.71. The predicted octanol–water partition coefficient (Wildman–Crippen LogP) is 1.45. The highest BCUT2D eigenvalue weighted by Gasteiger charge is 2.28. The van der Waals surface area contributed by atoms with Gasteiger partial charge in [0.2, 0.25) is 5.91 Å². The zero-order valence-corrected chi connectivity index (χ0v) is 11.4. The van der Waals surface area contributed by atoms with Crippen molar-refractivity contribution in [1.29, 1.82) is 0 Å². The molecule has 1 saturated heterocycles. The number of ether oxygens (including phenoxy) is 1. The van der Waals surface area contributed by atoms with Crippen LogP contribution in [0.3, 0.4) is 0 Å². The van der Waals surface area contributed by atoms with Crippen molar-refractivity contribution in [3.8, 4) is 0 Å². The molecular formula is C14H26N2O2. The molecule has 1 heterocycles. The van der Waals surface area contributed by atoms with Crippen molar-refractivity contribution in [3.63, 3.8) is 0 Å². The van der Waals surface area contributed by atoms with E-state index in [4.69, 9.17) is 4.74 Å². The second kappa shape index (κ2) is 7.10. The molecule has 1 amide bonds. The third-order valence-electron chi connectivity index (χ3n) is 4.26. The molecule has 2 rings (SSSR count). The Bertz CT molecular complexity index is 263. The third kappa shape index (κ3) is 3.95. The van der Waals surface area contributed by atoms with Crippen molar-refractivity contribution < 1.29 is 9.53 Å². The van der Waals surface area contributed by atoms with E-state index < -0.39 is 0 Å². The fraction of sp³-hybridized carbons (Fsp3) is 0.929. The van der Waals surface area contributed by atoms with E-state index in [1.54, 1.807) is 7.11 Å². The Morgan fingerprint density at radius 3 is 2.61 bits per heavy atom. The minimum atomic E-state index is 0.128. The lowest BCUT2D eigenvalue weighted by Crippen LogP contribution is -2.44. The number of nitrogens with one attached hydrogen (secondary N) is 2. The molecule has 0 aromatic rings. The van der Waals surface area contributed by atoms with Crippen molar-refractivity contribution in [2.24, 2.45) is 5.92 Å². The molecule has 1 unspecified atom stereocenters. The summed E-state index contributed by atoms with van der Waals surface area (Å²) in [4.78, 5) is 12.0. The summed E-state index contributed by atoms with van der Waals surface area (Å²) in [6.45, 7) is 1.67. The van der Waals surface area contributed by atoms with E-state index in [1.165, 1.54) is 38.5 Å². The molecule has 1 aliphatic carbocycles. The van der Waals surface area contributed by atoms with E-state index >= 15 is 0 Å². The van der Waals surface area contributed by atoms with Crippen LogP contribution in [0.25, 0.3) is 0 Å². The van der Waals surface area contributed by atoms with Gasteiger partial charge >= 0.3 is 0 Å². The van der Waals surface area contributed by atoms with Crippen LogP contribution in [0.1, 0.15) is 44.9 Å². The first kappa shape index (κ1) is 13.8. The summed E-state index contributed by atoms with van der Waals surface area (Å²) in [5.41, 5.74) is 0. The van der Waals surface area contributed by atoms with Gasteiger partial charge in [0.15, 0.2) is 0 Å². The van der Waals surface area contributed by atoms with Crippen molar-refractivity contribution >= 4 is 5.91 Å². The van der Waals surface area contributed by atoms with Gasteiger partial charge in [-0.1, -0.05) is 25.7 Å². The highest BCUT2D eigenvalue weighted by Crippen LogP contribution is 2.25. The molecule has 4 heteroatoms. The van der Waals surface area contributed by atoms with Crippen LogP contribution in [0.2, 0.25) is 0 Å². The van der Waals surface area contributed by atoms with Gasteiger partial charge < -0.3 is 15.4 Å². The summed E-state index contributed by atoms with van der Waals surface area (Å²) < 4.78 is 5.36. The smallest absolute Gasteiger partial charge is 0.220 e. The van der Waals surface area contributed by atoms with Crippen molar-refractivity contribution in [2.75, 3.05) is 20.2 Å². The second-order valence-electron chi connectivity index (χ2n) is 5.67. The number of hydrogen-bond donors (Lipinski definition) is 2. The van der Waals surface area contributed by atoms with E-state index in [9.17, 15) is 4.79 Å². The molecule has 2 atom stereocenters. The molecule has 0 aromatic heterocycles. The Morgan fingerprint density at radius 1 is 1.22 bits per heavy atom. The standard InChI is InChI=1S/C14H26N2O2/c1-18-13-10-15-9-12(13)16-14(17)8-11-6-4-2-3-5-7-11/h11-13,15H,2-10H2,1H3,(H,16,17)/t12?,13-/m0/s1. The summed E-state index contributed by atoms with van der Waals surface area (Å²) >= 11 is 0. The van der Waals surface area contributed by atoms with E-state index in [1.807, 2.05) is 0 Å². The van der Waals surface area contributed by atoms with Gasteiger partial charge in [0.25, 0.3) is 0 Å². The minimum Gasteiger partial charge on any atom is -0.378 e. The highest BCUT2D eigenvalue weighted by molar-refractivity contribution is 5.76. The van der Waals surface area contributed by atoms with Gasteiger partial charge in [0, 0.05) is 26.6 Å². The maximum atomic E-state index is 12.0. The Morgan fingerprint density at radius 2 is 1.94 bits per heavy atom. The lowest BCUT2D eigenvalue weighted by atomic mass is 9.96. The number of carbonyl (C=O) groups excluding carboxylic acids is 1. The van der Waals surface area contributed by atoms with E-state index in [0.29, 0.717) is 12.3 Å². The van der Waals surface area contributed by atoms with Crippen LogP contribution >= 0.6 is 0 Å². The van der Waals surface area contributed by atoms with Gasteiger partial charge in [-0.3, -0.25) is 4.79 Å². The van der Waals surface area contributed by atoms with E-state index in [-0.39, 0.29) is 18.1 Å². The third-order valence-corrected chi connectivity index (χ3v) is 4.26. The van der Waals surface area contributed by atoms with E-state index in [0.717, 1.165) is 13.1 Å². The molecule has 2 N–H and O–H groups in total. The van der Waals surface area contributed by atoms with Crippen LogP contribution < -0.4 is 10.6 Å². The van der Waals surface area contributed by atoms with Crippen molar-refractivity contribution in [3.05, 3.63) is 0 Å². The molecule has 104 valence electrons. The number of carbonyl (C=O) groups is 1. The molecule has 0 spiro atoms. The van der Waals surface area contributed by atoms with Crippen LogP contribution in [0, 0.1) is 5.92 Å². The van der Waals surface area contributed by atoms with Gasteiger partial charge in [0.1, 0.15) is 0 Å². The van der Waals surface area contributed by atoms with Crippen LogP contribution in [0.5, 0.6) is 0 Å². The molecule has 2 fully saturated rings. The molecule has 4 nitrogen and oxygen atoms in total. The normalized spacial score (nSPS) is 30.1. The number of rotatable bonds is 4. The summed E-state index contributed by atoms with van der Waals surface area (Å²) in [5.74, 6) is 0.806. The van der Waals surface area contributed by atoms with Crippen LogP contribution in [-0.4, -0.2) is 38.3 Å². The lowest BCUT2D eigenvalue weighted by molar-refractivity contribution is -0.123. The molecule has 18 heavy (non-hydrogen) atoms. The quantitative estimate of drug-likeness (QED) is 0.747. The first-order valence-electron chi connectivity index (χ1n) is 7.32. The molecule has 0 radical (unpaired) electrons. The molecule has 2 aliphatic rings. The molecular weight excluding hydrogens is 228 g/mol. The largest absolute Gasteiger partial charge is 0.378 e. The maximum Gasteiger partial charge on any atom is 0.220 e. The van der Waals surface area contributed by atoms with Crippen LogP contribution in [-0.2, 0) is 9.53 Å². The minimum absolute atomic E-state index is 0.128. The van der Waals surface area contributed by atoms with Gasteiger partial charge in [-0.05, 0) is 18.8 Å². The van der Waals surface area contributed by atoms with Gasteiger partial charge in [-0.15, -0.1) is 0 Å². The van der Waals surface area contributed by atoms with Gasteiger partial charge in [-0.2, -0.15) is 0 Å². The van der Waals surface area contributed by atoms with Crippen molar-refractivity contribution in [2.45, 2.75) is 57.1 Å².